The second kappa shape index (κ2) is 5.46. The Morgan fingerprint density at radius 3 is 2.87 bits per heavy atom. The van der Waals surface area contributed by atoms with Gasteiger partial charge in [0.1, 0.15) is 0 Å². The van der Waals surface area contributed by atoms with Crippen LogP contribution in [-0.4, -0.2) is 24.1 Å². The molecule has 2 N–H and O–H groups in total. The fourth-order valence-electron chi connectivity index (χ4n) is 1.47. The van der Waals surface area contributed by atoms with Gasteiger partial charge in [-0.05, 0) is 18.6 Å². The van der Waals surface area contributed by atoms with Gasteiger partial charge < -0.3 is 10.5 Å². The largest absolute Gasteiger partial charge is 0.469 e. The number of pyridine rings is 1. The van der Waals surface area contributed by atoms with Crippen molar-refractivity contribution in [2.24, 2.45) is 5.73 Å². The Morgan fingerprint density at radius 2 is 2.40 bits per heavy atom. The van der Waals surface area contributed by atoms with Crippen molar-refractivity contribution in [3.05, 3.63) is 30.1 Å². The predicted octanol–water partition coefficient (Wildman–Crippen LogP) is 1.08. The number of nitrogens with zero attached hydrogens (tertiary/aromatic N) is 1. The van der Waals surface area contributed by atoms with Crippen LogP contribution in [0.5, 0.6) is 0 Å². The normalized spacial score (nSPS) is 14.3. The van der Waals surface area contributed by atoms with Crippen LogP contribution in [0.4, 0.5) is 0 Å². The Morgan fingerprint density at radius 1 is 1.67 bits per heavy atom. The summed E-state index contributed by atoms with van der Waals surface area (Å²) in [6.07, 6.45) is 3.72. The first-order chi connectivity index (χ1) is 7.15. The summed E-state index contributed by atoms with van der Waals surface area (Å²) in [6.45, 7) is 1.88. The summed E-state index contributed by atoms with van der Waals surface area (Å²) in [5, 5.41) is 0. The first-order valence-electron chi connectivity index (χ1n) is 4.87. The van der Waals surface area contributed by atoms with E-state index in [9.17, 15) is 4.79 Å². The van der Waals surface area contributed by atoms with Gasteiger partial charge in [0.2, 0.25) is 0 Å². The molecule has 0 aliphatic heterocycles. The number of rotatable bonds is 4. The Bertz CT molecular complexity index is 312. The standard InChI is InChI=1S/C11H16N2O2/c1-8(12)10(6-11(14)15-2)9-4-3-5-13-7-9/h3-5,7-8,10H,6,12H2,1-2H3. The molecule has 0 aliphatic rings. The van der Waals surface area contributed by atoms with Crippen LogP contribution in [0.1, 0.15) is 24.8 Å². The van der Waals surface area contributed by atoms with Gasteiger partial charge in [0.15, 0.2) is 0 Å². The highest BCUT2D eigenvalue weighted by Gasteiger charge is 2.20. The SMILES string of the molecule is COC(=O)CC(c1cccnc1)C(C)N. The molecule has 1 aromatic heterocycles. The number of hydrogen-bond acceptors (Lipinski definition) is 4. The second-order valence-corrected chi connectivity index (χ2v) is 3.53. The van der Waals surface area contributed by atoms with Crippen molar-refractivity contribution in [3.63, 3.8) is 0 Å². The van der Waals surface area contributed by atoms with E-state index in [1.165, 1.54) is 7.11 Å². The van der Waals surface area contributed by atoms with Crippen molar-refractivity contribution >= 4 is 5.97 Å². The number of carbonyl (C=O) groups excluding carboxylic acids is 1. The zero-order chi connectivity index (χ0) is 11.3. The minimum Gasteiger partial charge on any atom is -0.469 e. The zero-order valence-electron chi connectivity index (χ0n) is 9.01. The topological polar surface area (TPSA) is 65.2 Å². The van der Waals surface area contributed by atoms with Gasteiger partial charge >= 0.3 is 5.97 Å². The van der Waals surface area contributed by atoms with Crippen molar-refractivity contribution in [3.8, 4) is 0 Å². The molecule has 0 amide bonds. The lowest BCUT2D eigenvalue weighted by molar-refractivity contribution is -0.141. The smallest absolute Gasteiger partial charge is 0.306 e. The lowest BCUT2D eigenvalue weighted by Crippen LogP contribution is -2.27. The molecular formula is C11H16N2O2. The van der Waals surface area contributed by atoms with Crippen molar-refractivity contribution in [2.45, 2.75) is 25.3 Å². The number of aromatic nitrogens is 1. The highest BCUT2D eigenvalue weighted by Crippen LogP contribution is 2.21. The average Bonchev–Trinajstić information content (AvgIpc) is 2.26. The first-order valence-corrected chi connectivity index (χ1v) is 4.87. The molecule has 0 spiro atoms. The van der Waals surface area contributed by atoms with Crippen LogP contribution in [0.3, 0.4) is 0 Å². The van der Waals surface area contributed by atoms with Gasteiger partial charge in [-0.3, -0.25) is 9.78 Å². The van der Waals surface area contributed by atoms with E-state index in [1.807, 2.05) is 19.1 Å². The van der Waals surface area contributed by atoms with E-state index in [0.717, 1.165) is 5.56 Å². The van der Waals surface area contributed by atoms with Gasteiger partial charge in [0, 0.05) is 24.4 Å². The van der Waals surface area contributed by atoms with Crippen LogP contribution in [0, 0.1) is 0 Å². The summed E-state index contributed by atoms with van der Waals surface area (Å²) in [5.74, 6) is -0.285. The molecule has 0 saturated carbocycles. The Kier molecular flexibility index (Phi) is 4.24. The number of esters is 1. The number of nitrogens with two attached hydrogens (primary N) is 1. The van der Waals surface area contributed by atoms with Crippen molar-refractivity contribution in [1.29, 1.82) is 0 Å². The van der Waals surface area contributed by atoms with Gasteiger partial charge in [-0.25, -0.2) is 0 Å². The highest BCUT2D eigenvalue weighted by atomic mass is 16.5. The van der Waals surface area contributed by atoms with Crippen LogP contribution in [0.15, 0.2) is 24.5 Å². The highest BCUT2D eigenvalue weighted by molar-refractivity contribution is 5.70. The van der Waals surface area contributed by atoms with E-state index in [-0.39, 0.29) is 17.9 Å². The second-order valence-electron chi connectivity index (χ2n) is 3.53. The Hall–Kier alpha value is -1.42. The summed E-state index contributed by atoms with van der Waals surface area (Å²) < 4.78 is 4.64. The molecule has 4 nitrogen and oxygen atoms in total. The molecule has 4 heteroatoms. The lowest BCUT2D eigenvalue weighted by Gasteiger charge is -2.19. The van der Waals surface area contributed by atoms with Crippen LogP contribution in [0.2, 0.25) is 0 Å². The molecule has 1 heterocycles. The third-order valence-corrected chi connectivity index (χ3v) is 2.36. The molecule has 0 bridgehead atoms. The van der Waals surface area contributed by atoms with Crippen LogP contribution in [-0.2, 0) is 9.53 Å². The maximum atomic E-state index is 11.2. The fraction of sp³-hybridized carbons (Fsp3) is 0.455. The van der Waals surface area contributed by atoms with E-state index in [4.69, 9.17) is 5.73 Å². The molecule has 0 fully saturated rings. The van der Waals surface area contributed by atoms with Gasteiger partial charge in [0.05, 0.1) is 13.5 Å². The van der Waals surface area contributed by atoms with Crippen LogP contribution >= 0.6 is 0 Å². The quantitative estimate of drug-likeness (QED) is 0.752. The summed E-state index contributed by atoms with van der Waals surface area (Å²) in [4.78, 5) is 15.2. The Balaban J connectivity index is 2.79. The minimum atomic E-state index is -0.249. The third kappa shape index (κ3) is 3.32. The monoisotopic (exact) mass is 208 g/mol. The van der Waals surface area contributed by atoms with E-state index >= 15 is 0 Å². The van der Waals surface area contributed by atoms with Crippen LogP contribution < -0.4 is 5.73 Å². The molecule has 2 unspecified atom stereocenters. The molecule has 15 heavy (non-hydrogen) atoms. The van der Waals surface area contributed by atoms with Crippen molar-refractivity contribution in [2.75, 3.05) is 7.11 Å². The van der Waals surface area contributed by atoms with Gasteiger partial charge in [0.25, 0.3) is 0 Å². The summed E-state index contributed by atoms with van der Waals surface area (Å²) >= 11 is 0. The van der Waals surface area contributed by atoms with E-state index < -0.39 is 0 Å². The number of methoxy groups -OCH3 is 1. The molecule has 0 aromatic carbocycles. The van der Waals surface area contributed by atoms with Gasteiger partial charge in [-0.1, -0.05) is 6.07 Å². The molecule has 2 atom stereocenters. The van der Waals surface area contributed by atoms with E-state index in [0.29, 0.717) is 6.42 Å². The van der Waals surface area contributed by atoms with Gasteiger partial charge in [-0.2, -0.15) is 0 Å². The molecule has 1 aromatic rings. The van der Waals surface area contributed by atoms with Crippen molar-refractivity contribution in [1.82, 2.24) is 4.98 Å². The Labute approximate surface area is 89.5 Å². The maximum absolute atomic E-state index is 11.2. The summed E-state index contributed by atoms with van der Waals surface area (Å²) in [6, 6.07) is 3.65. The zero-order valence-corrected chi connectivity index (χ0v) is 9.01. The first kappa shape index (κ1) is 11.7. The molecule has 0 saturated heterocycles. The summed E-state index contributed by atoms with van der Waals surface area (Å²) in [7, 11) is 1.38. The van der Waals surface area contributed by atoms with Crippen molar-refractivity contribution < 1.29 is 9.53 Å². The maximum Gasteiger partial charge on any atom is 0.306 e. The minimum absolute atomic E-state index is 0.0360. The van der Waals surface area contributed by atoms with E-state index in [2.05, 4.69) is 9.72 Å². The molecule has 0 aliphatic carbocycles. The molecule has 1 rings (SSSR count). The predicted molar refractivity (Wildman–Crippen MR) is 57.3 cm³/mol. The van der Waals surface area contributed by atoms with E-state index in [1.54, 1.807) is 12.4 Å². The third-order valence-electron chi connectivity index (χ3n) is 2.36. The average molecular weight is 208 g/mol. The lowest BCUT2D eigenvalue weighted by atomic mass is 9.91. The number of ether oxygens (including phenoxy) is 1. The summed E-state index contributed by atoms with van der Waals surface area (Å²) in [5.41, 5.74) is 6.81. The molecular weight excluding hydrogens is 192 g/mol. The molecule has 0 radical (unpaired) electrons. The van der Waals surface area contributed by atoms with Gasteiger partial charge in [-0.15, -0.1) is 0 Å². The number of carbonyl (C=O) groups is 1. The number of hydrogen-bond donors (Lipinski definition) is 1. The fourth-order valence-corrected chi connectivity index (χ4v) is 1.47. The molecule has 82 valence electrons. The van der Waals surface area contributed by atoms with Crippen LogP contribution in [0.25, 0.3) is 0 Å².